The molecule has 0 saturated carbocycles. The van der Waals surface area contributed by atoms with Crippen LogP contribution < -0.4 is 5.73 Å². The maximum Gasteiger partial charge on any atom is 0.404 e. The van der Waals surface area contributed by atoms with Gasteiger partial charge in [0.2, 0.25) is 0 Å². The Labute approximate surface area is 173 Å². The standard InChI is InChI=1S/C20H21ClN4O2S/c1-13(2)18-19(28-16-5-3-4-15(21)10-16)24-17(12-27-20(22)26)25(18)11-14-6-8-23-9-7-14/h3-10,13H,11-12H2,1-2H3,(H2,22,26). The number of nitrogens with zero attached hydrogens (tertiary/aromatic N) is 3. The van der Waals surface area contributed by atoms with E-state index in [1.165, 1.54) is 11.8 Å². The number of aromatic nitrogens is 3. The van der Waals surface area contributed by atoms with Crippen LogP contribution in [0.1, 0.15) is 36.8 Å². The Morgan fingerprint density at radius 1 is 1.29 bits per heavy atom. The second kappa shape index (κ2) is 9.12. The van der Waals surface area contributed by atoms with E-state index in [4.69, 9.17) is 27.1 Å². The largest absolute Gasteiger partial charge is 0.442 e. The predicted octanol–water partition coefficient (Wildman–Crippen LogP) is 4.85. The summed E-state index contributed by atoms with van der Waals surface area (Å²) in [4.78, 5) is 20.9. The molecule has 0 spiro atoms. The Kier molecular flexibility index (Phi) is 6.59. The van der Waals surface area contributed by atoms with Gasteiger partial charge in [-0.1, -0.05) is 43.3 Å². The number of hydrogen-bond acceptors (Lipinski definition) is 5. The molecule has 0 aliphatic rings. The van der Waals surface area contributed by atoms with Crippen molar-refractivity contribution in [1.29, 1.82) is 0 Å². The number of benzene rings is 1. The third-order valence-electron chi connectivity index (χ3n) is 4.04. The third-order valence-corrected chi connectivity index (χ3v) is 5.26. The number of carbonyl (C=O) groups is 1. The molecule has 0 fully saturated rings. The number of primary amides is 1. The lowest BCUT2D eigenvalue weighted by molar-refractivity contribution is 0.146. The number of nitrogens with two attached hydrogens (primary N) is 1. The van der Waals surface area contributed by atoms with Gasteiger partial charge in [-0.15, -0.1) is 0 Å². The quantitative estimate of drug-likeness (QED) is 0.595. The van der Waals surface area contributed by atoms with Gasteiger partial charge >= 0.3 is 6.09 Å². The summed E-state index contributed by atoms with van der Waals surface area (Å²) in [7, 11) is 0. The highest BCUT2D eigenvalue weighted by molar-refractivity contribution is 7.99. The molecule has 2 heterocycles. The number of hydrogen-bond donors (Lipinski definition) is 1. The van der Waals surface area contributed by atoms with Crippen LogP contribution in [0, 0.1) is 0 Å². The normalized spacial score (nSPS) is 11.0. The van der Waals surface area contributed by atoms with E-state index in [0.717, 1.165) is 21.2 Å². The first kappa shape index (κ1) is 20.2. The van der Waals surface area contributed by atoms with Crippen molar-refractivity contribution in [1.82, 2.24) is 14.5 Å². The van der Waals surface area contributed by atoms with Crippen molar-refractivity contribution in [2.45, 2.75) is 42.8 Å². The Balaban J connectivity index is 2.02. The molecule has 3 aromatic rings. The average molecular weight is 417 g/mol. The van der Waals surface area contributed by atoms with Crippen LogP contribution in [0.3, 0.4) is 0 Å². The smallest absolute Gasteiger partial charge is 0.404 e. The Morgan fingerprint density at radius 3 is 2.68 bits per heavy atom. The number of imidazole rings is 1. The molecule has 0 saturated heterocycles. The zero-order valence-electron chi connectivity index (χ0n) is 15.6. The third kappa shape index (κ3) is 5.05. The highest BCUT2D eigenvalue weighted by Crippen LogP contribution is 2.35. The zero-order chi connectivity index (χ0) is 20.1. The number of amides is 1. The highest BCUT2D eigenvalue weighted by atomic mass is 35.5. The topological polar surface area (TPSA) is 83.0 Å². The number of pyridine rings is 1. The molecule has 2 aromatic heterocycles. The molecule has 1 amide bonds. The van der Waals surface area contributed by atoms with E-state index in [-0.39, 0.29) is 12.5 Å². The minimum Gasteiger partial charge on any atom is -0.442 e. The average Bonchev–Trinajstić information content (AvgIpc) is 2.98. The lowest BCUT2D eigenvalue weighted by Crippen LogP contribution is -2.16. The van der Waals surface area contributed by atoms with Crippen LogP contribution in [-0.2, 0) is 17.9 Å². The van der Waals surface area contributed by atoms with Crippen LogP contribution in [0.15, 0.2) is 58.7 Å². The minimum atomic E-state index is -0.825. The summed E-state index contributed by atoms with van der Waals surface area (Å²) in [5.41, 5.74) is 7.30. The van der Waals surface area contributed by atoms with Gasteiger partial charge in [0.15, 0.2) is 6.61 Å². The van der Waals surface area contributed by atoms with Crippen molar-refractivity contribution in [2.75, 3.05) is 0 Å². The number of carbonyl (C=O) groups excluding carboxylic acids is 1. The van der Waals surface area contributed by atoms with E-state index in [2.05, 4.69) is 23.4 Å². The fraction of sp³-hybridized carbons (Fsp3) is 0.250. The lowest BCUT2D eigenvalue weighted by Gasteiger charge is -2.15. The van der Waals surface area contributed by atoms with Gasteiger partial charge in [0.05, 0.1) is 5.69 Å². The lowest BCUT2D eigenvalue weighted by atomic mass is 10.1. The molecule has 2 N–H and O–H groups in total. The second-order valence-corrected chi connectivity index (χ2v) is 7.98. The molecule has 0 aliphatic carbocycles. The van der Waals surface area contributed by atoms with Gasteiger partial charge in [-0.2, -0.15) is 0 Å². The Morgan fingerprint density at radius 2 is 2.04 bits per heavy atom. The van der Waals surface area contributed by atoms with Crippen molar-refractivity contribution in [3.05, 3.63) is 70.9 Å². The van der Waals surface area contributed by atoms with E-state index in [1.807, 2.05) is 36.4 Å². The molecular formula is C20H21ClN4O2S. The van der Waals surface area contributed by atoms with Gasteiger partial charge in [-0.3, -0.25) is 4.98 Å². The molecular weight excluding hydrogens is 396 g/mol. The van der Waals surface area contributed by atoms with Crippen LogP contribution in [0.25, 0.3) is 0 Å². The van der Waals surface area contributed by atoms with Crippen LogP contribution in [0.2, 0.25) is 5.02 Å². The first-order chi connectivity index (χ1) is 13.4. The Bertz CT molecular complexity index is 960. The molecule has 3 rings (SSSR count). The van der Waals surface area contributed by atoms with Crippen molar-refractivity contribution in [3.63, 3.8) is 0 Å². The van der Waals surface area contributed by atoms with Gasteiger partial charge in [0.25, 0.3) is 0 Å². The van der Waals surface area contributed by atoms with Crippen LogP contribution in [0.4, 0.5) is 4.79 Å². The molecule has 8 heteroatoms. The summed E-state index contributed by atoms with van der Waals surface area (Å²) >= 11 is 7.66. The van der Waals surface area contributed by atoms with Crippen LogP contribution in [-0.4, -0.2) is 20.6 Å². The van der Waals surface area contributed by atoms with Gasteiger partial charge in [-0.05, 0) is 41.8 Å². The Hall–Kier alpha value is -2.51. The maximum absolute atomic E-state index is 11.1. The summed E-state index contributed by atoms with van der Waals surface area (Å²) in [6, 6.07) is 11.5. The second-order valence-electron chi connectivity index (χ2n) is 6.48. The number of rotatable bonds is 7. The number of halogens is 1. The van der Waals surface area contributed by atoms with E-state index >= 15 is 0 Å². The van der Waals surface area contributed by atoms with Crippen molar-refractivity contribution in [2.24, 2.45) is 5.73 Å². The van der Waals surface area contributed by atoms with Crippen LogP contribution >= 0.6 is 23.4 Å². The molecule has 28 heavy (non-hydrogen) atoms. The molecule has 0 radical (unpaired) electrons. The number of ether oxygens (including phenoxy) is 1. The van der Waals surface area contributed by atoms with E-state index in [1.54, 1.807) is 12.4 Å². The summed E-state index contributed by atoms with van der Waals surface area (Å²) in [6.45, 7) is 4.83. The highest BCUT2D eigenvalue weighted by Gasteiger charge is 2.21. The van der Waals surface area contributed by atoms with Gasteiger partial charge in [-0.25, -0.2) is 9.78 Å². The van der Waals surface area contributed by atoms with Crippen molar-refractivity contribution in [3.8, 4) is 0 Å². The fourth-order valence-electron chi connectivity index (χ4n) is 2.86. The van der Waals surface area contributed by atoms with E-state index in [0.29, 0.717) is 17.4 Å². The predicted molar refractivity (Wildman–Crippen MR) is 110 cm³/mol. The van der Waals surface area contributed by atoms with E-state index < -0.39 is 6.09 Å². The summed E-state index contributed by atoms with van der Waals surface area (Å²) < 4.78 is 7.12. The van der Waals surface area contributed by atoms with Gasteiger partial charge in [0.1, 0.15) is 10.9 Å². The fourth-order valence-corrected chi connectivity index (χ4v) is 4.27. The summed E-state index contributed by atoms with van der Waals surface area (Å²) in [5, 5.41) is 1.53. The molecule has 1 aromatic carbocycles. The zero-order valence-corrected chi connectivity index (χ0v) is 17.2. The van der Waals surface area contributed by atoms with Crippen LogP contribution in [0.5, 0.6) is 0 Å². The van der Waals surface area contributed by atoms with Gasteiger partial charge < -0.3 is 15.0 Å². The maximum atomic E-state index is 11.1. The van der Waals surface area contributed by atoms with Crippen molar-refractivity contribution < 1.29 is 9.53 Å². The van der Waals surface area contributed by atoms with E-state index in [9.17, 15) is 4.79 Å². The first-order valence-electron chi connectivity index (χ1n) is 8.78. The first-order valence-corrected chi connectivity index (χ1v) is 9.97. The molecule has 0 bridgehead atoms. The molecule has 0 aliphatic heterocycles. The minimum absolute atomic E-state index is 0.0102. The SMILES string of the molecule is CC(C)c1c(Sc2cccc(Cl)c2)nc(COC(N)=O)n1Cc1ccncc1. The van der Waals surface area contributed by atoms with Gasteiger partial charge in [0, 0.05) is 28.9 Å². The molecule has 0 unspecified atom stereocenters. The molecule has 0 atom stereocenters. The molecule has 6 nitrogen and oxygen atoms in total. The summed E-state index contributed by atoms with van der Waals surface area (Å²) in [6.07, 6.45) is 2.68. The van der Waals surface area contributed by atoms with Crippen molar-refractivity contribution >= 4 is 29.5 Å². The monoisotopic (exact) mass is 416 g/mol. The summed E-state index contributed by atoms with van der Waals surface area (Å²) in [5.74, 6) is 0.849. The molecule has 146 valence electrons.